The summed E-state index contributed by atoms with van der Waals surface area (Å²) in [6, 6.07) is 9.99. The van der Waals surface area contributed by atoms with E-state index in [9.17, 15) is 0 Å². The first-order valence-corrected chi connectivity index (χ1v) is 6.94. The van der Waals surface area contributed by atoms with Crippen LogP contribution in [0, 0.1) is 0 Å². The number of hydrogen-bond acceptors (Lipinski definition) is 4. The number of nitrogens with zero attached hydrogens (tertiary/aromatic N) is 1. The van der Waals surface area contributed by atoms with Gasteiger partial charge in [0.25, 0.3) is 0 Å². The summed E-state index contributed by atoms with van der Waals surface area (Å²) in [6.45, 7) is 2.69. The molecule has 0 aliphatic rings. The van der Waals surface area contributed by atoms with E-state index in [-0.39, 0.29) is 5.41 Å². The number of aromatic nitrogens is 1. The topological polar surface area (TPSA) is 57.4 Å². The van der Waals surface area contributed by atoms with Gasteiger partial charge in [-0.05, 0) is 35.7 Å². The van der Waals surface area contributed by atoms with Crippen LogP contribution in [0.25, 0.3) is 0 Å². The Morgan fingerprint density at radius 1 is 1.14 bits per heavy atom. The second kappa shape index (κ2) is 6.59. The van der Waals surface area contributed by atoms with E-state index in [1.807, 2.05) is 30.5 Å². The predicted molar refractivity (Wildman–Crippen MR) is 83.9 cm³/mol. The molecule has 4 heteroatoms. The van der Waals surface area contributed by atoms with Crippen molar-refractivity contribution in [3.63, 3.8) is 0 Å². The summed E-state index contributed by atoms with van der Waals surface area (Å²) in [7, 11) is 3.28. The molecule has 2 aromatic rings. The lowest BCUT2D eigenvalue weighted by Crippen LogP contribution is -2.34. The molecule has 21 heavy (non-hydrogen) atoms. The lowest BCUT2D eigenvalue weighted by molar-refractivity contribution is 0.352. The van der Waals surface area contributed by atoms with Gasteiger partial charge in [-0.2, -0.15) is 0 Å². The molecule has 1 aromatic heterocycles. The first kappa shape index (κ1) is 15.3. The van der Waals surface area contributed by atoms with Crippen molar-refractivity contribution < 1.29 is 9.47 Å². The normalized spacial score (nSPS) is 13.5. The molecule has 0 fully saturated rings. The Bertz CT molecular complexity index is 587. The van der Waals surface area contributed by atoms with Crippen molar-refractivity contribution in [2.45, 2.75) is 18.8 Å². The van der Waals surface area contributed by atoms with Gasteiger partial charge in [0.1, 0.15) is 0 Å². The third-order valence-electron chi connectivity index (χ3n) is 3.85. The summed E-state index contributed by atoms with van der Waals surface area (Å²) < 4.78 is 10.7. The van der Waals surface area contributed by atoms with Crippen molar-refractivity contribution in [2.24, 2.45) is 5.73 Å². The molecule has 0 saturated carbocycles. The van der Waals surface area contributed by atoms with Crippen molar-refractivity contribution in [3.05, 3.63) is 53.9 Å². The maximum absolute atomic E-state index is 6.06. The predicted octanol–water partition coefficient (Wildman–Crippen LogP) is 2.56. The average molecular weight is 286 g/mol. The fourth-order valence-corrected chi connectivity index (χ4v) is 2.46. The Morgan fingerprint density at radius 3 is 2.48 bits per heavy atom. The molecule has 1 atom stereocenters. The van der Waals surface area contributed by atoms with E-state index in [1.54, 1.807) is 20.4 Å². The second-order valence-electron chi connectivity index (χ2n) is 5.37. The molecule has 4 nitrogen and oxygen atoms in total. The number of pyridine rings is 1. The summed E-state index contributed by atoms with van der Waals surface area (Å²) in [5, 5.41) is 0. The molecule has 0 aliphatic carbocycles. The molecule has 1 aromatic carbocycles. The highest BCUT2D eigenvalue weighted by Gasteiger charge is 2.26. The van der Waals surface area contributed by atoms with Gasteiger partial charge in [-0.3, -0.25) is 4.98 Å². The second-order valence-corrected chi connectivity index (χ2v) is 5.37. The Hall–Kier alpha value is -2.07. The van der Waals surface area contributed by atoms with Crippen molar-refractivity contribution in [1.82, 2.24) is 4.98 Å². The number of hydrogen-bond donors (Lipinski definition) is 1. The molecule has 0 saturated heterocycles. The molecule has 112 valence electrons. The van der Waals surface area contributed by atoms with Gasteiger partial charge in [-0.25, -0.2) is 0 Å². The molecule has 0 bridgehead atoms. The minimum Gasteiger partial charge on any atom is -0.493 e. The van der Waals surface area contributed by atoms with E-state index in [2.05, 4.69) is 18.0 Å². The Balaban J connectivity index is 2.35. The van der Waals surface area contributed by atoms with Crippen molar-refractivity contribution in [2.75, 3.05) is 20.8 Å². The maximum atomic E-state index is 6.06. The van der Waals surface area contributed by atoms with Crippen LogP contribution < -0.4 is 15.2 Å². The van der Waals surface area contributed by atoms with E-state index in [1.165, 1.54) is 5.56 Å². The van der Waals surface area contributed by atoms with Crippen molar-refractivity contribution in [3.8, 4) is 11.5 Å². The zero-order valence-corrected chi connectivity index (χ0v) is 12.8. The molecule has 2 N–H and O–H groups in total. The molecule has 1 heterocycles. The van der Waals surface area contributed by atoms with Crippen LogP contribution in [0.5, 0.6) is 11.5 Å². The lowest BCUT2D eigenvalue weighted by Gasteiger charge is -2.29. The van der Waals surface area contributed by atoms with Gasteiger partial charge in [0.05, 0.1) is 14.2 Å². The fourth-order valence-electron chi connectivity index (χ4n) is 2.46. The highest BCUT2D eigenvalue weighted by molar-refractivity contribution is 5.45. The van der Waals surface area contributed by atoms with Crippen LogP contribution in [-0.4, -0.2) is 25.7 Å². The number of rotatable bonds is 6. The van der Waals surface area contributed by atoms with E-state index < -0.39 is 0 Å². The van der Waals surface area contributed by atoms with E-state index in [4.69, 9.17) is 15.2 Å². The van der Waals surface area contributed by atoms with Gasteiger partial charge < -0.3 is 15.2 Å². The number of methoxy groups -OCH3 is 2. The number of benzene rings is 1. The van der Waals surface area contributed by atoms with Crippen LogP contribution in [0.1, 0.15) is 18.1 Å². The fraction of sp³-hybridized carbons (Fsp3) is 0.353. The van der Waals surface area contributed by atoms with E-state index in [0.717, 1.165) is 23.5 Å². The van der Waals surface area contributed by atoms with Crippen LogP contribution in [0.3, 0.4) is 0 Å². The number of ether oxygens (including phenoxy) is 2. The Kier molecular flexibility index (Phi) is 4.81. The summed E-state index contributed by atoms with van der Waals surface area (Å²) in [5.74, 6) is 1.45. The third kappa shape index (κ3) is 3.34. The first-order chi connectivity index (χ1) is 10.1. The largest absolute Gasteiger partial charge is 0.493 e. The zero-order valence-electron chi connectivity index (χ0n) is 12.8. The molecule has 0 aliphatic heterocycles. The maximum Gasteiger partial charge on any atom is 0.161 e. The van der Waals surface area contributed by atoms with Crippen LogP contribution >= 0.6 is 0 Å². The number of nitrogens with two attached hydrogens (primary N) is 1. The molecular weight excluding hydrogens is 264 g/mol. The van der Waals surface area contributed by atoms with Gasteiger partial charge in [-0.1, -0.05) is 19.1 Å². The van der Waals surface area contributed by atoms with Gasteiger partial charge in [0.15, 0.2) is 11.5 Å². The molecular formula is C17H22N2O2. The minimum absolute atomic E-state index is 0.178. The lowest BCUT2D eigenvalue weighted by atomic mass is 9.77. The Labute approximate surface area is 125 Å². The van der Waals surface area contributed by atoms with Crippen LogP contribution in [0.15, 0.2) is 42.7 Å². The van der Waals surface area contributed by atoms with Gasteiger partial charge in [0, 0.05) is 24.4 Å². The zero-order chi connectivity index (χ0) is 15.3. The monoisotopic (exact) mass is 286 g/mol. The third-order valence-corrected chi connectivity index (χ3v) is 3.85. The first-order valence-electron chi connectivity index (χ1n) is 6.94. The SMILES string of the molecule is COc1ccc(C(C)(CN)Cc2cccnc2)cc1OC. The molecule has 0 amide bonds. The Morgan fingerprint density at radius 2 is 1.90 bits per heavy atom. The van der Waals surface area contributed by atoms with Crippen molar-refractivity contribution in [1.29, 1.82) is 0 Å². The van der Waals surface area contributed by atoms with Crippen LogP contribution in [0.2, 0.25) is 0 Å². The molecule has 0 radical (unpaired) electrons. The van der Waals surface area contributed by atoms with Crippen LogP contribution in [-0.2, 0) is 11.8 Å². The van der Waals surface area contributed by atoms with E-state index in [0.29, 0.717) is 6.54 Å². The van der Waals surface area contributed by atoms with Crippen molar-refractivity contribution >= 4 is 0 Å². The minimum atomic E-state index is -0.178. The van der Waals surface area contributed by atoms with E-state index >= 15 is 0 Å². The summed E-state index contributed by atoms with van der Waals surface area (Å²) in [6.07, 6.45) is 4.49. The van der Waals surface area contributed by atoms with Gasteiger partial charge in [0.2, 0.25) is 0 Å². The summed E-state index contributed by atoms with van der Waals surface area (Å²) in [5.41, 5.74) is 8.18. The molecule has 2 rings (SSSR count). The standard InChI is InChI=1S/C17H22N2O2/c1-17(12-18,10-13-5-4-8-19-11-13)14-6-7-15(20-2)16(9-14)21-3/h4-9,11H,10,12,18H2,1-3H3. The molecule has 0 spiro atoms. The average Bonchev–Trinajstić information content (AvgIpc) is 2.54. The van der Waals surface area contributed by atoms with Gasteiger partial charge in [-0.15, -0.1) is 0 Å². The summed E-state index contributed by atoms with van der Waals surface area (Å²) >= 11 is 0. The molecule has 1 unspecified atom stereocenters. The highest BCUT2D eigenvalue weighted by atomic mass is 16.5. The van der Waals surface area contributed by atoms with Gasteiger partial charge >= 0.3 is 0 Å². The summed E-state index contributed by atoms with van der Waals surface area (Å²) in [4.78, 5) is 4.17. The van der Waals surface area contributed by atoms with Crippen LogP contribution in [0.4, 0.5) is 0 Å². The quantitative estimate of drug-likeness (QED) is 0.886. The highest BCUT2D eigenvalue weighted by Crippen LogP contribution is 2.34. The smallest absolute Gasteiger partial charge is 0.161 e.